The molecular weight excluding hydrogens is 132 g/mol. The van der Waals surface area contributed by atoms with E-state index in [0.717, 1.165) is 0 Å². The highest BCUT2D eigenvalue weighted by Gasteiger charge is 2.09. The quantitative estimate of drug-likeness (QED) is 0.533. The van der Waals surface area contributed by atoms with Crippen molar-refractivity contribution in [1.29, 1.82) is 0 Å². The smallest absolute Gasteiger partial charge is 0.424 e. The molecule has 0 unspecified atom stereocenters. The largest absolute Gasteiger partial charge is 0.449 e. The molecule has 0 aliphatic carbocycles. The Kier molecular flexibility index (Phi) is 3.79. The Morgan fingerprint density at radius 3 is 2.20 bits per heavy atom. The van der Waals surface area contributed by atoms with Gasteiger partial charge in [0.25, 0.3) is 0 Å². The van der Waals surface area contributed by atoms with Gasteiger partial charge in [-0.15, -0.1) is 0 Å². The summed E-state index contributed by atoms with van der Waals surface area (Å²) in [5, 5.41) is 3.04. The van der Waals surface area contributed by atoms with Crippen LogP contribution in [0.2, 0.25) is 0 Å². The first-order valence-electron chi connectivity index (χ1n) is 3.17. The number of hydrogen-bond donors (Lipinski definition) is 0. The lowest BCUT2D eigenvalue weighted by Crippen LogP contribution is -2.38. The van der Waals surface area contributed by atoms with E-state index in [1.807, 2.05) is 0 Å². The monoisotopic (exact) mass is 146 g/mol. The van der Waals surface area contributed by atoms with Gasteiger partial charge in [0.2, 0.25) is 0 Å². The van der Waals surface area contributed by atoms with E-state index in [1.165, 1.54) is 5.01 Å². The second kappa shape index (κ2) is 4.11. The standard InChI is InChI=1S/C6H14N2O2/c1-5-10-6(9)8(4)7(2)3/h5H2,1-4H3. The molecule has 60 valence electrons. The first kappa shape index (κ1) is 9.23. The fourth-order valence-electron chi connectivity index (χ4n) is 0.380. The molecular formula is C6H14N2O2. The van der Waals surface area contributed by atoms with Crippen molar-refractivity contribution in [2.45, 2.75) is 6.92 Å². The van der Waals surface area contributed by atoms with E-state index in [-0.39, 0.29) is 6.09 Å². The van der Waals surface area contributed by atoms with E-state index in [2.05, 4.69) is 0 Å². The Hall–Kier alpha value is -0.770. The topological polar surface area (TPSA) is 32.8 Å². The van der Waals surface area contributed by atoms with Crippen LogP contribution in [0.3, 0.4) is 0 Å². The van der Waals surface area contributed by atoms with Gasteiger partial charge in [0.05, 0.1) is 6.61 Å². The molecule has 0 rings (SSSR count). The molecule has 0 saturated heterocycles. The lowest BCUT2D eigenvalue weighted by molar-refractivity contribution is 0.0327. The Morgan fingerprint density at radius 1 is 1.40 bits per heavy atom. The number of rotatable bonds is 2. The van der Waals surface area contributed by atoms with Crippen molar-refractivity contribution < 1.29 is 9.53 Å². The van der Waals surface area contributed by atoms with E-state index in [4.69, 9.17) is 4.74 Å². The van der Waals surface area contributed by atoms with Gasteiger partial charge in [0, 0.05) is 21.1 Å². The van der Waals surface area contributed by atoms with Gasteiger partial charge in [-0.25, -0.2) is 14.8 Å². The zero-order valence-electron chi connectivity index (χ0n) is 6.92. The summed E-state index contributed by atoms with van der Waals surface area (Å²) in [5.41, 5.74) is 0. The minimum atomic E-state index is -0.326. The number of amides is 1. The van der Waals surface area contributed by atoms with E-state index in [9.17, 15) is 4.79 Å². The van der Waals surface area contributed by atoms with Crippen LogP contribution >= 0.6 is 0 Å². The maximum atomic E-state index is 10.8. The molecule has 1 amide bonds. The zero-order valence-corrected chi connectivity index (χ0v) is 6.92. The van der Waals surface area contributed by atoms with Gasteiger partial charge in [-0.2, -0.15) is 0 Å². The normalized spacial score (nSPS) is 9.70. The second-order valence-corrected chi connectivity index (χ2v) is 2.07. The van der Waals surface area contributed by atoms with Crippen LogP contribution in [0.5, 0.6) is 0 Å². The predicted octanol–water partition coefficient (Wildman–Crippen LogP) is 0.551. The van der Waals surface area contributed by atoms with Gasteiger partial charge in [-0.1, -0.05) is 0 Å². The Morgan fingerprint density at radius 2 is 1.90 bits per heavy atom. The molecule has 0 fully saturated rings. The van der Waals surface area contributed by atoms with Crippen LogP contribution in [0, 0.1) is 0 Å². The molecule has 0 aromatic carbocycles. The van der Waals surface area contributed by atoms with Crippen molar-refractivity contribution in [2.24, 2.45) is 0 Å². The zero-order chi connectivity index (χ0) is 8.15. The average Bonchev–Trinajstić information content (AvgIpc) is 1.87. The van der Waals surface area contributed by atoms with Crippen molar-refractivity contribution in [3.8, 4) is 0 Å². The second-order valence-electron chi connectivity index (χ2n) is 2.07. The van der Waals surface area contributed by atoms with Crippen LogP contribution in [0.25, 0.3) is 0 Å². The highest BCUT2D eigenvalue weighted by atomic mass is 16.6. The van der Waals surface area contributed by atoms with Crippen LogP contribution in [0.4, 0.5) is 4.79 Å². The fourth-order valence-corrected chi connectivity index (χ4v) is 0.380. The maximum Gasteiger partial charge on any atom is 0.424 e. The summed E-state index contributed by atoms with van der Waals surface area (Å²) in [6, 6.07) is 0. The Labute approximate surface area is 61.3 Å². The molecule has 0 N–H and O–H groups in total. The molecule has 10 heavy (non-hydrogen) atoms. The molecule has 0 aliphatic rings. The SMILES string of the molecule is CCOC(=O)N(C)N(C)C. The van der Waals surface area contributed by atoms with E-state index in [1.54, 1.807) is 33.1 Å². The van der Waals surface area contributed by atoms with E-state index < -0.39 is 0 Å². The number of nitrogens with zero attached hydrogens (tertiary/aromatic N) is 2. The third-order valence-corrected chi connectivity index (χ3v) is 1.13. The molecule has 0 aliphatic heterocycles. The van der Waals surface area contributed by atoms with Gasteiger partial charge in [0.15, 0.2) is 0 Å². The lowest BCUT2D eigenvalue weighted by Gasteiger charge is -2.22. The molecule has 0 heterocycles. The van der Waals surface area contributed by atoms with Crippen molar-refractivity contribution in [3.05, 3.63) is 0 Å². The van der Waals surface area contributed by atoms with Crippen molar-refractivity contribution >= 4 is 6.09 Å². The number of hydrogen-bond acceptors (Lipinski definition) is 3. The van der Waals surface area contributed by atoms with Crippen LogP contribution in [0.15, 0.2) is 0 Å². The molecule has 0 bridgehead atoms. The minimum Gasteiger partial charge on any atom is -0.449 e. The first-order valence-corrected chi connectivity index (χ1v) is 3.17. The third kappa shape index (κ3) is 2.68. The summed E-state index contributed by atoms with van der Waals surface area (Å²) in [4.78, 5) is 10.8. The van der Waals surface area contributed by atoms with Crippen molar-refractivity contribution in [3.63, 3.8) is 0 Å². The number of hydrazine groups is 1. The van der Waals surface area contributed by atoms with Gasteiger partial charge < -0.3 is 4.74 Å². The van der Waals surface area contributed by atoms with E-state index in [0.29, 0.717) is 6.61 Å². The highest BCUT2D eigenvalue weighted by Crippen LogP contribution is 1.90. The van der Waals surface area contributed by atoms with Crippen LogP contribution in [0.1, 0.15) is 6.92 Å². The van der Waals surface area contributed by atoms with Crippen LogP contribution < -0.4 is 0 Å². The summed E-state index contributed by atoms with van der Waals surface area (Å²) < 4.78 is 4.71. The maximum absolute atomic E-state index is 10.8. The summed E-state index contributed by atoms with van der Waals surface area (Å²) in [5.74, 6) is 0. The van der Waals surface area contributed by atoms with Gasteiger partial charge in [-0.05, 0) is 6.92 Å². The molecule has 0 atom stereocenters. The van der Waals surface area contributed by atoms with Crippen LogP contribution in [-0.4, -0.2) is 43.9 Å². The summed E-state index contributed by atoms with van der Waals surface area (Å²) in [6.45, 7) is 2.19. The molecule has 0 aromatic rings. The fraction of sp³-hybridized carbons (Fsp3) is 0.833. The highest BCUT2D eigenvalue weighted by molar-refractivity contribution is 5.66. The van der Waals surface area contributed by atoms with Crippen LogP contribution in [-0.2, 0) is 4.74 Å². The summed E-state index contributed by atoms with van der Waals surface area (Å²) >= 11 is 0. The van der Waals surface area contributed by atoms with Crippen molar-refractivity contribution in [1.82, 2.24) is 10.0 Å². The molecule has 0 radical (unpaired) electrons. The Balaban J connectivity index is 3.71. The number of carbonyl (C=O) groups excluding carboxylic acids is 1. The summed E-state index contributed by atoms with van der Waals surface area (Å²) in [6.07, 6.45) is -0.326. The van der Waals surface area contributed by atoms with Gasteiger partial charge >= 0.3 is 6.09 Å². The molecule has 0 aromatic heterocycles. The van der Waals surface area contributed by atoms with Gasteiger partial charge in [-0.3, -0.25) is 0 Å². The molecule has 4 heteroatoms. The first-order chi connectivity index (χ1) is 4.59. The lowest BCUT2D eigenvalue weighted by atomic mass is 10.8. The molecule has 0 saturated carbocycles. The van der Waals surface area contributed by atoms with Crippen molar-refractivity contribution in [2.75, 3.05) is 27.7 Å². The average molecular weight is 146 g/mol. The van der Waals surface area contributed by atoms with Gasteiger partial charge in [0.1, 0.15) is 0 Å². The minimum absolute atomic E-state index is 0.326. The number of carbonyl (C=O) groups is 1. The Bertz CT molecular complexity index is 114. The molecule has 0 spiro atoms. The predicted molar refractivity (Wildman–Crippen MR) is 38.5 cm³/mol. The summed E-state index contributed by atoms with van der Waals surface area (Å²) in [7, 11) is 5.20. The third-order valence-electron chi connectivity index (χ3n) is 1.13. The molecule has 4 nitrogen and oxygen atoms in total. The number of ether oxygens (including phenoxy) is 1. The van der Waals surface area contributed by atoms with E-state index >= 15 is 0 Å².